The Morgan fingerprint density at radius 1 is 1.19 bits per heavy atom. The minimum absolute atomic E-state index is 0.124. The summed E-state index contributed by atoms with van der Waals surface area (Å²) < 4.78 is 5.72. The Bertz CT molecular complexity index is 272. The van der Waals surface area contributed by atoms with Crippen LogP contribution in [0.2, 0.25) is 0 Å². The predicted molar refractivity (Wildman–Crippen MR) is 60.2 cm³/mol. The van der Waals surface area contributed by atoms with E-state index in [0.717, 1.165) is 39.0 Å². The van der Waals surface area contributed by atoms with E-state index in [1.807, 2.05) is 4.90 Å². The lowest BCUT2D eigenvalue weighted by atomic mass is 10.1. The van der Waals surface area contributed by atoms with Crippen molar-refractivity contribution in [3.8, 4) is 0 Å². The molecule has 3 rings (SSSR count). The highest BCUT2D eigenvalue weighted by molar-refractivity contribution is 5.74. The molecule has 0 radical (unpaired) electrons. The van der Waals surface area contributed by atoms with E-state index < -0.39 is 0 Å². The number of nitrogens with one attached hydrogen (secondary N) is 1. The molecule has 1 saturated carbocycles. The molecule has 2 amide bonds. The minimum atomic E-state index is 0.124. The third-order valence-corrected chi connectivity index (χ3v) is 3.92. The van der Waals surface area contributed by atoms with Gasteiger partial charge in [0.25, 0.3) is 0 Å². The van der Waals surface area contributed by atoms with Gasteiger partial charge in [0, 0.05) is 19.7 Å². The van der Waals surface area contributed by atoms with Crippen molar-refractivity contribution >= 4 is 6.03 Å². The van der Waals surface area contributed by atoms with Crippen molar-refractivity contribution in [1.29, 1.82) is 0 Å². The fraction of sp³-hybridized carbons (Fsp3) is 0.917. The van der Waals surface area contributed by atoms with E-state index in [2.05, 4.69) is 5.32 Å². The van der Waals surface area contributed by atoms with E-state index in [-0.39, 0.29) is 12.1 Å². The fourth-order valence-corrected chi connectivity index (χ4v) is 2.83. The Labute approximate surface area is 96.3 Å². The molecule has 2 unspecified atom stereocenters. The largest absolute Gasteiger partial charge is 0.376 e. The maximum atomic E-state index is 11.9. The van der Waals surface area contributed by atoms with Gasteiger partial charge in [0.05, 0.1) is 12.1 Å². The average molecular weight is 224 g/mol. The van der Waals surface area contributed by atoms with Crippen molar-refractivity contribution in [2.24, 2.45) is 5.92 Å². The van der Waals surface area contributed by atoms with Crippen LogP contribution in [0.5, 0.6) is 0 Å². The predicted octanol–water partition coefficient (Wildman–Crippen LogP) is 1.36. The van der Waals surface area contributed by atoms with Gasteiger partial charge in [0.2, 0.25) is 0 Å². The summed E-state index contributed by atoms with van der Waals surface area (Å²) in [5.74, 6) is 0.714. The summed E-state index contributed by atoms with van der Waals surface area (Å²) in [6, 6.07) is 0.388. The third kappa shape index (κ3) is 2.03. The molecule has 90 valence electrons. The lowest BCUT2D eigenvalue weighted by Crippen LogP contribution is -2.47. The van der Waals surface area contributed by atoms with Gasteiger partial charge in [-0.2, -0.15) is 0 Å². The molecule has 2 atom stereocenters. The molecule has 2 saturated heterocycles. The number of carbonyl (C=O) groups excluding carboxylic acids is 1. The summed E-state index contributed by atoms with van der Waals surface area (Å²) in [4.78, 5) is 13.9. The molecule has 0 aromatic heterocycles. The van der Waals surface area contributed by atoms with Gasteiger partial charge in [0.15, 0.2) is 0 Å². The lowest BCUT2D eigenvalue weighted by molar-refractivity contribution is 0.0813. The van der Waals surface area contributed by atoms with Gasteiger partial charge in [-0.3, -0.25) is 0 Å². The van der Waals surface area contributed by atoms with Gasteiger partial charge < -0.3 is 15.0 Å². The Hall–Kier alpha value is -0.770. The Morgan fingerprint density at radius 3 is 2.62 bits per heavy atom. The van der Waals surface area contributed by atoms with Crippen LogP contribution in [-0.2, 0) is 4.74 Å². The second kappa shape index (κ2) is 4.24. The van der Waals surface area contributed by atoms with Gasteiger partial charge >= 0.3 is 6.03 Å². The summed E-state index contributed by atoms with van der Waals surface area (Å²) in [6.07, 6.45) is 6.15. The Balaban J connectivity index is 1.54. The molecular formula is C12H20N2O2. The van der Waals surface area contributed by atoms with Crippen LogP contribution in [0.4, 0.5) is 4.79 Å². The van der Waals surface area contributed by atoms with Crippen LogP contribution in [0, 0.1) is 5.92 Å². The zero-order valence-electron chi connectivity index (χ0n) is 9.65. The van der Waals surface area contributed by atoms with Crippen LogP contribution in [0.15, 0.2) is 0 Å². The van der Waals surface area contributed by atoms with Crippen molar-refractivity contribution in [3.63, 3.8) is 0 Å². The summed E-state index contributed by atoms with van der Waals surface area (Å²) in [6.45, 7) is 2.66. The number of likely N-dealkylation sites (tertiary alicyclic amines) is 1. The molecule has 4 nitrogen and oxygen atoms in total. The van der Waals surface area contributed by atoms with Crippen molar-refractivity contribution < 1.29 is 9.53 Å². The molecular weight excluding hydrogens is 204 g/mol. The molecule has 0 bridgehead atoms. The molecule has 16 heavy (non-hydrogen) atoms. The molecule has 0 aromatic carbocycles. The highest BCUT2D eigenvalue weighted by atomic mass is 16.5. The van der Waals surface area contributed by atoms with E-state index in [4.69, 9.17) is 4.74 Å². The van der Waals surface area contributed by atoms with Crippen molar-refractivity contribution in [3.05, 3.63) is 0 Å². The number of urea groups is 1. The van der Waals surface area contributed by atoms with E-state index in [1.54, 1.807) is 0 Å². The quantitative estimate of drug-likeness (QED) is 0.769. The summed E-state index contributed by atoms with van der Waals surface area (Å²) in [5.41, 5.74) is 0. The Kier molecular flexibility index (Phi) is 2.75. The van der Waals surface area contributed by atoms with E-state index in [1.165, 1.54) is 12.8 Å². The maximum absolute atomic E-state index is 11.9. The molecule has 3 fully saturated rings. The number of ether oxygens (including phenoxy) is 1. The molecule has 0 aromatic rings. The van der Waals surface area contributed by atoms with Crippen LogP contribution < -0.4 is 5.32 Å². The van der Waals surface area contributed by atoms with Gasteiger partial charge in [-0.15, -0.1) is 0 Å². The molecule has 2 heterocycles. The zero-order valence-corrected chi connectivity index (χ0v) is 9.65. The number of hydrogen-bond acceptors (Lipinski definition) is 2. The Morgan fingerprint density at radius 2 is 1.94 bits per heavy atom. The summed E-state index contributed by atoms with van der Waals surface area (Å²) in [5, 5.41) is 3.15. The summed E-state index contributed by atoms with van der Waals surface area (Å²) in [7, 11) is 0. The second-order valence-electron chi connectivity index (χ2n) is 5.21. The van der Waals surface area contributed by atoms with Gasteiger partial charge in [0.1, 0.15) is 0 Å². The highest BCUT2D eigenvalue weighted by Gasteiger charge is 2.41. The van der Waals surface area contributed by atoms with E-state index >= 15 is 0 Å². The molecule has 1 aliphatic carbocycles. The average Bonchev–Trinajstić information content (AvgIpc) is 2.83. The molecule has 2 aliphatic heterocycles. The molecule has 3 aliphatic rings. The number of hydrogen-bond donors (Lipinski definition) is 1. The first-order chi connectivity index (χ1) is 7.84. The van der Waals surface area contributed by atoms with Gasteiger partial charge in [-0.25, -0.2) is 4.79 Å². The van der Waals surface area contributed by atoms with Crippen LogP contribution in [-0.4, -0.2) is 42.8 Å². The van der Waals surface area contributed by atoms with Crippen molar-refractivity contribution in [2.75, 3.05) is 19.7 Å². The standard InChI is InChI=1S/C12H20N2O2/c15-12(14-6-1-2-7-14)13-10-5-8-16-11(10)9-3-4-9/h9-11H,1-8H2,(H,13,15). The number of amides is 2. The van der Waals surface area contributed by atoms with E-state index in [9.17, 15) is 4.79 Å². The number of nitrogens with zero attached hydrogens (tertiary/aromatic N) is 1. The van der Waals surface area contributed by atoms with Crippen LogP contribution in [0.3, 0.4) is 0 Å². The summed E-state index contributed by atoms with van der Waals surface area (Å²) >= 11 is 0. The van der Waals surface area contributed by atoms with Gasteiger partial charge in [-0.1, -0.05) is 0 Å². The normalized spacial score (nSPS) is 34.4. The van der Waals surface area contributed by atoms with Crippen LogP contribution in [0.1, 0.15) is 32.1 Å². The highest BCUT2D eigenvalue weighted by Crippen LogP contribution is 2.38. The first kappa shape index (κ1) is 10.4. The monoisotopic (exact) mass is 224 g/mol. The maximum Gasteiger partial charge on any atom is 0.317 e. The second-order valence-corrected chi connectivity index (χ2v) is 5.21. The first-order valence-corrected chi connectivity index (χ1v) is 6.51. The van der Waals surface area contributed by atoms with E-state index in [0.29, 0.717) is 12.0 Å². The van der Waals surface area contributed by atoms with Gasteiger partial charge in [-0.05, 0) is 38.0 Å². The lowest BCUT2D eigenvalue weighted by Gasteiger charge is -2.23. The first-order valence-electron chi connectivity index (χ1n) is 6.51. The minimum Gasteiger partial charge on any atom is -0.376 e. The number of rotatable bonds is 2. The third-order valence-electron chi connectivity index (χ3n) is 3.92. The fourth-order valence-electron chi connectivity index (χ4n) is 2.83. The van der Waals surface area contributed by atoms with Crippen molar-refractivity contribution in [1.82, 2.24) is 10.2 Å². The topological polar surface area (TPSA) is 41.6 Å². The number of carbonyl (C=O) groups is 1. The smallest absolute Gasteiger partial charge is 0.317 e. The van der Waals surface area contributed by atoms with Crippen molar-refractivity contribution in [2.45, 2.75) is 44.2 Å². The molecule has 0 spiro atoms. The molecule has 4 heteroatoms. The SMILES string of the molecule is O=C(NC1CCOC1C1CC1)N1CCCC1. The van der Waals surface area contributed by atoms with Crippen LogP contribution >= 0.6 is 0 Å². The zero-order chi connectivity index (χ0) is 11.0. The van der Waals surface area contributed by atoms with Crippen LogP contribution in [0.25, 0.3) is 0 Å². The molecule has 1 N–H and O–H groups in total.